The molecule has 0 bridgehead atoms. The highest BCUT2D eigenvalue weighted by atomic mass is 14.7. The predicted molar refractivity (Wildman–Crippen MR) is 91.0 cm³/mol. The van der Waals surface area contributed by atoms with Gasteiger partial charge in [-0.05, 0) is 31.0 Å². The Morgan fingerprint density at radius 2 is 1.60 bits per heavy atom. The van der Waals surface area contributed by atoms with Gasteiger partial charge in [-0.2, -0.15) is 0 Å². The van der Waals surface area contributed by atoms with Gasteiger partial charge in [-0.1, -0.05) is 64.1 Å². The van der Waals surface area contributed by atoms with Crippen molar-refractivity contribution in [1.82, 2.24) is 4.98 Å². The summed E-state index contributed by atoms with van der Waals surface area (Å²) < 4.78 is 0. The third-order valence-electron chi connectivity index (χ3n) is 2.46. The number of nitrogens with zero attached hydrogens (tertiary/aromatic N) is 1. The number of aryl methyl sites for hydroxylation is 1. The number of rotatable bonds is 3. The van der Waals surface area contributed by atoms with Crippen molar-refractivity contribution in [2.24, 2.45) is 0 Å². The van der Waals surface area contributed by atoms with E-state index >= 15 is 0 Å². The molecule has 1 aromatic heterocycles. The minimum Gasteiger partial charge on any atom is -0.253 e. The van der Waals surface area contributed by atoms with Gasteiger partial charge in [0.15, 0.2) is 0 Å². The number of hydrogen-bond donors (Lipinski definition) is 0. The number of hydrogen-bond acceptors (Lipinski definition) is 1. The third-order valence-corrected chi connectivity index (χ3v) is 2.46. The van der Waals surface area contributed by atoms with Crippen LogP contribution in [0.1, 0.15) is 39.0 Å². The zero-order valence-corrected chi connectivity index (χ0v) is 13.5. The molecule has 0 fully saturated rings. The summed E-state index contributed by atoms with van der Waals surface area (Å²) in [6.45, 7) is 13.8. The van der Waals surface area contributed by atoms with E-state index < -0.39 is 0 Å². The fourth-order valence-electron chi connectivity index (χ4n) is 1.78. The molecule has 0 amide bonds. The molecule has 0 saturated carbocycles. The maximum atomic E-state index is 4.55. The zero-order chi connectivity index (χ0) is 15.4. The summed E-state index contributed by atoms with van der Waals surface area (Å²) >= 11 is 0. The fraction of sp³-hybridized carbons (Fsp3) is 0.316. The van der Waals surface area contributed by atoms with Crippen molar-refractivity contribution in [3.63, 3.8) is 0 Å². The highest BCUT2D eigenvalue weighted by Crippen LogP contribution is 2.19. The second-order valence-corrected chi connectivity index (χ2v) is 3.86. The predicted octanol–water partition coefficient (Wildman–Crippen LogP) is 5.84. The molecule has 2 aromatic rings. The normalized spacial score (nSPS) is 8.65. The number of allylic oxidation sites excluding steroid dienone is 1. The van der Waals surface area contributed by atoms with Gasteiger partial charge in [0.05, 0.1) is 5.69 Å². The molecule has 1 heterocycles. The molecule has 0 spiro atoms. The number of benzene rings is 1. The van der Waals surface area contributed by atoms with E-state index in [9.17, 15) is 0 Å². The molecule has 1 aromatic carbocycles. The molecular formula is C19H27N. The van der Waals surface area contributed by atoms with Crippen molar-refractivity contribution >= 4 is 0 Å². The maximum Gasteiger partial charge on any atom is 0.0708 e. The zero-order valence-electron chi connectivity index (χ0n) is 13.5. The van der Waals surface area contributed by atoms with Crippen LogP contribution in [0.4, 0.5) is 0 Å². The van der Waals surface area contributed by atoms with Crippen LogP contribution < -0.4 is 0 Å². The SMILES string of the molecule is C=CCc1cc(C)nc(-c2ccccc2)c1.CC.CC. The Morgan fingerprint density at radius 1 is 1.00 bits per heavy atom. The lowest BCUT2D eigenvalue weighted by Gasteiger charge is -2.05. The minimum atomic E-state index is 0.892. The molecule has 0 saturated heterocycles. The Balaban J connectivity index is 0.000000829. The Kier molecular flexibility index (Phi) is 9.94. The van der Waals surface area contributed by atoms with Crippen LogP contribution in [0.25, 0.3) is 11.3 Å². The summed E-state index contributed by atoms with van der Waals surface area (Å²) in [5.41, 5.74) is 4.52. The lowest BCUT2D eigenvalue weighted by molar-refractivity contribution is 1.15. The first-order valence-corrected chi connectivity index (χ1v) is 7.43. The fourth-order valence-corrected chi connectivity index (χ4v) is 1.78. The molecule has 20 heavy (non-hydrogen) atoms. The number of aromatic nitrogens is 1. The third kappa shape index (κ3) is 5.83. The van der Waals surface area contributed by atoms with Crippen molar-refractivity contribution in [3.8, 4) is 11.3 Å². The first kappa shape index (κ1) is 18.1. The Labute approximate surface area is 124 Å². The molecule has 0 aliphatic carbocycles. The first-order chi connectivity index (χ1) is 9.79. The quantitative estimate of drug-likeness (QED) is 0.638. The Morgan fingerprint density at radius 3 is 2.15 bits per heavy atom. The molecule has 0 atom stereocenters. The van der Waals surface area contributed by atoms with Gasteiger partial charge in [-0.15, -0.1) is 6.58 Å². The highest BCUT2D eigenvalue weighted by Gasteiger charge is 2.01. The summed E-state index contributed by atoms with van der Waals surface area (Å²) in [6, 6.07) is 14.5. The van der Waals surface area contributed by atoms with Crippen LogP contribution in [0, 0.1) is 6.92 Å². The molecule has 0 aliphatic rings. The van der Waals surface area contributed by atoms with Crippen molar-refractivity contribution in [1.29, 1.82) is 0 Å². The average molecular weight is 269 g/mol. The van der Waals surface area contributed by atoms with Gasteiger partial charge >= 0.3 is 0 Å². The summed E-state index contributed by atoms with van der Waals surface area (Å²) in [5, 5.41) is 0. The molecule has 108 valence electrons. The molecule has 0 N–H and O–H groups in total. The highest BCUT2D eigenvalue weighted by molar-refractivity contribution is 5.60. The van der Waals surface area contributed by atoms with Gasteiger partial charge in [0.2, 0.25) is 0 Å². The summed E-state index contributed by atoms with van der Waals surface area (Å²) in [7, 11) is 0. The minimum absolute atomic E-state index is 0.892. The lowest BCUT2D eigenvalue weighted by atomic mass is 10.1. The van der Waals surface area contributed by atoms with Gasteiger partial charge in [0.1, 0.15) is 0 Å². The topological polar surface area (TPSA) is 12.9 Å². The molecule has 0 aliphatic heterocycles. The molecular weight excluding hydrogens is 242 g/mol. The van der Waals surface area contributed by atoms with Gasteiger partial charge in [-0.25, -0.2) is 0 Å². The van der Waals surface area contributed by atoms with Gasteiger partial charge < -0.3 is 0 Å². The Hall–Kier alpha value is -1.89. The van der Waals surface area contributed by atoms with E-state index in [1.165, 1.54) is 5.56 Å². The van der Waals surface area contributed by atoms with Crippen LogP contribution in [-0.2, 0) is 6.42 Å². The van der Waals surface area contributed by atoms with Crippen molar-refractivity contribution < 1.29 is 0 Å². The Bertz CT molecular complexity index is 486. The van der Waals surface area contributed by atoms with Crippen molar-refractivity contribution in [2.75, 3.05) is 0 Å². The van der Waals surface area contributed by atoms with E-state index in [2.05, 4.69) is 35.8 Å². The molecule has 1 heteroatoms. The van der Waals surface area contributed by atoms with Gasteiger partial charge in [-0.3, -0.25) is 4.98 Å². The summed E-state index contributed by atoms with van der Waals surface area (Å²) in [6.07, 6.45) is 2.81. The summed E-state index contributed by atoms with van der Waals surface area (Å²) in [4.78, 5) is 4.55. The van der Waals surface area contributed by atoms with Crippen LogP contribution in [0.5, 0.6) is 0 Å². The van der Waals surface area contributed by atoms with E-state index in [1.54, 1.807) is 0 Å². The second kappa shape index (κ2) is 11.0. The van der Waals surface area contributed by atoms with Crippen LogP contribution in [0.15, 0.2) is 55.1 Å². The van der Waals surface area contributed by atoms with Crippen molar-refractivity contribution in [3.05, 3.63) is 66.4 Å². The average Bonchev–Trinajstić information content (AvgIpc) is 2.52. The van der Waals surface area contributed by atoms with Crippen LogP contribution in [0.2, 0.25) is 0 Å². The summed E-state index contributed by atoms with van der Waals surface area (Å²) in [5.74, 6) is 0. The van der Waals surface area contributed by atoms with E-state index in [1.807, 2.05) is 58.9 Å². The largest absolute Gasteiger partial charge is 0.253 e. The molecule has 0 unspecified atom stereocenters. The van der Waals surface area contributed by atoms with Crippen LogP contribution in [-0.4, -0.2) is 4.98 Å². The smallest absolute Gasteiger partial charge is 0.0708 e. The van der Waals surface area contributed by atoms with Crippen LogP contribution in [0.3, 0.4) is 0 Å². The number of pyridine rings is 1. The van der Waals surface area contributed by atoms with E-state index in [0.29, 0.717) is 0 Å². The molecule has 1 nitrogen and oxygen atoms in total. The molecule has 0 radical (unpaired) electrons. The maximum absolute atomic E-state index is 4.55. The second-order valence-electron chi connectivity index (χ2n) is 3.86. The van der Waals surface area contributed by atoms with Gasteiger partial charge in [0.25, 0.3) is 0 Å². The van der Waals surface area contributed by atoms with Crippen molar-refractivity contribution in [2.45, 2.75) is 41.0 Å². The molecule has 2 rings (SSSR count). The lowest BCUT2D eigenvalue weighted by Crippen LogP contribution is -1.91. The van der Waals surface area contributed by atoms with E-state index in [0.717, 1.165) is 23.4 Å². The van der Waals surface area contributed by atoms with Gasteiger partial charge in [0, 0.05) is 11.3 Å². The monoisotopic (exact) mass is 269 g/mol. The van der Waals surface area contributed by atoms with Crippen LogP contribution >= 0.6 is 0 Å². The standard InChI is InChI=1S/C15H15N.2C2H6/c1-3-7-13-10-12(2)16-15(11-13)14-8-5-4-6-9-14;2*1-2/h3-6,8-11H,1,7H2,2H3;2*1-2H3. The van der Waals surface area contributed by atoms with E-state index in [4.69, 9.17) is 0 Å². The van der Waals surface area contributed by atoms with E-state index in [-0.39, 0.29) is 0 Å². The first-order valence-electron chi connectivity index (χ1n) is 7.43.